The molecule has 0 atom stereocenters. The molecule has 0 spiro atoms. The monoisotopic (exact) mass is 416 g/mol. The first kappa shape index (κ1) is 21.8. The zero-order chi connectivity index (χ0) is 22.1. The van der Waals surface area contributed by atoms with E-state index in [0.29, 0.717) is 36.4 Å². The topological polar surface area (TPSA) is 84.5 Å². The van der Waals surface area contributed by atoms with Crippen LogP contribution in [0.2, 0.25) is 0 Å². The molecule has 0 aliphatic heterocycles. The van der Waals surface area contributed by atoms with Gasteiger partial charge in [-0.2, -0.15) is 0 Å². The van der Waals surface area contributed by atoms with E-state index in [1.807, 2.05) is 48.5 Å². The van der Waals surface area contributed by atoms with Crippen LogP contribution in [-0.4, -0.2) is 17.8 Å². The van der Waals surface area contributed by atoms with Gasteiger partial charge in [-0.1, -0.05) is 54.6 Å². The van der Waals surface area contributed by atoms with E-state index in [4.69, 9.17) is 4.74 Å². The number of para-hydroxylation sites is 1. The first-order valence-corrected chi connectivity index (χ1v) is 9.99. The van der Waals surface area contributed by atoms with Crippen molar-refractivity contribution < 1.29 is 19.1 Å². The van der Waals surface area contributed by atoms with Gasteiger partial charge in [-0.15, -0.1) is 0 Å². The Morgan fingerprint density at radius 1 is 0.871 bits per heavy atom. The standard InChI is InChI=1S/C25H24N2O4/c1-18(28)31-22-12-7-11-20(16-22)25(30)27-23-13-6-5-10-21(23)17-26-24(29)15-14-19-8-3-2-4-9-19/h2-13,16H,14-15,17H2,1H3,(H,26,29)(H,27,30). The number of nitrogens with one attached hydrogen (secondary N) is 2. The lowest BCUT2D eigenvalue weighted by molar-refractivity contribution is -0.131. The largest absolute Gasteiger partial charge is 0.427 e. The molecule has 0 saturated carbocycles. The second-order valence-electron chi connectivity index (χ2n) is 7.00. The Hall–Kier alpha value is -3.93. The van der Waals surface area contributed by atoms with Crippen LogP contribution < -0.4 is 15.4 Å². The number of esters is 1. The minimum absolute atomic E-state index is 0.0564. The van der Waals surface area contributed by atoms with E-state index >= 15 is 0 Å². The van der Waals surface area contributed by atoms with Crippen LogP contribution in [0.25, 0.3) is 0 Å². The summed E-state index contributed by atoms with van der Waals surface area (Å²) in [5, 5.41) is 5.76. The molecule has 31 heavy (non-hydrogen) atoms. The Labute approximate surface area is 181 Å². The fraction of sp³-hybridized carbons (Fsp3) is 0.160. The maximum Gasteiger partial charge on any atom is 0.308 e. The molecule has 2 N–H and O–H groups in total. The minimum Gasteiger partial charge on any atom is -0.427 e. The van der Waals surface area contributed by atoms with Crippen LogP contribution in [-0.2, 0) is 22.6 Å². The Balaban J connectivity index is 1.59. The first-order chi connectivity index (χ1) is 15.0. The molecule has 0 fully saturated rings. The summed E-state index contributed by atoms with van der Waals surface area (Å²) in [6.07, 6.45) is 1.06. The van der Waals surface area contributed by atoms with Crippen molar-refractivity contribution in [1.82, 2.24) is 5.32 Å². The molecular weight excluding hydrogens is 392 g/mol. The third kappa shape index (κ3) is 6.82. The van der Waals surface area contributed by atoms with Gasteiger partial charge in [0.2, 0.25) is 5.91 Å². The predicted octanol–water partition coefficient (Wildman–Crippen LogP) is 4.11. The lowest BCUT2D eigenvalue weighted by Crippen LogP contribution is -2.24. The quantitative estimate of drug-likeness (QED) is 0.427. The Morgan fingerprint density at radius 3 is 2.39 bits per heavy atom. The third-order valence-corrected chi connectivity index (χ3v) is 4.58. The average Bonchev–Trinajstić information content (AvgIpc) is 2.77. The zero-order valence-electron chi connectivity index (χ0n) is 17.3. The summed E-state index contributed by atoms with van der Waals surface area (Å²) in [6.45, 7) is 1.61. The smallest absolute Gasteiger partial charge is 0.308 e. The van der Waals surface area contributed by atoms with Crippen molar-refractivity contribution in [1.29, 1.82) is 0 Å². The van der Waals surface area contributed by atoms with Crippen LogP contribution in [0, 0.1) is 0 Å². The number of hydrogen-bond donors (Lipinski definition) is 2. The molecule has 3 aromatic carbocycles. The van der Waals surface area contributed by atoms with E-state index in [1.54, 1.807) is 24.3 Å². The minimum atomic E-state index is -0.453. The summed E-state index contributed by atoms with van der Waals surface area (Å²) in [6, 6.07) is 23.5. The van der Waals surface area contributed by atoms with Gasteiger partial charge in [0.1, 0.15) is 5.75 Å². The number of aryl methyl sites for hydroxylation is 1. The van der Waals surface area contributed by atoms with E-state index in [0.717, 1.165) is 11.1 Å². The summed E-state index contributed by atoms with van der Waals surface area (Å²) in [5.74, 6) is -0.541. The molecule has 2 amide bonds. The number of benzene rings is 3. The molecule has 0 unspecified atom stereocenters. The molecule has 0 heterocycles. The van der Waals surface area contributed by atoms with Gasteiger partial charge in [-0.05, 0) is 41.8 Å². The highest BCUT2D eigenvalue weighted by molar-refractivity contribution is 6.05. The highest BCUT2D eigenvalue weighted by Gasteiger charge is 2.11. The predicted molar refractivity (Wildman–Crippen MR) is 119 cm³/mol. The maximum absolute atomic E-state index is 12.7. The van der Waals surface area contributed by atoms with E-state index in [-0.39, 0.29) is 11.8 Å². The molecular formula is C25H24N2O4. The molecule has 158 valence electrons. The number of amides is 2. The van der Waals surface area contributed by atoms with Crippen LogP contribution in [0.3, 0.4) is 0 Å². The van der Waals surface area contributed by atoms with Crippen LogP contribution >= 0.6 is 0 Å². The molecule has 6 heteroatoms. The van der Waals surface area contributed by atoms with Crippen molar-refractivity contribution >= 4 is 23.5 Å². The van der Waals surface area contributed by atoms with Gasteiger partial charge in [0.05, 0.1) is 0 Å². The normalized spacial score (nSPS) is 10.2. The summed E-state index contributed by atoms with van der Waals surface area (Å²) in [5.41, 5.74) is 2.87. The van der Waals surface area contributed by atoms with Crippen molar-refractivity contribution in [2.75, 3.05) is 5.32 Å². The van der Waals surface area contributed by atoms with Crippen molar-refractivity contribution in [3.05, 3.63) is 95.6 Å². The highest BCUT2D eigenvalue weighted by Crippen LogP contribution is 2.18. The Bertz CT molecular complexity index is 1060. The maximum atomic E-state index is 12.7. The molecule has 0 aliphatic rings. The van der Waals surface area contributed by atoms with Gasteiger partial charge in [-0.25, -0.2) is 0 Å². The van der Waals surface area contributed by atoms with E-state index < -0.39 is 5.97 Å². The lowest BCUT2D eigenvalue weighted by atomic mass is 10.1. The van der Waals surface area contributed by atoms with Crippen molar-refractivity contribution in [3.63, 3.8) is 0 Å². The number of carbonyl (C=O) groups is 3. The van der Waals surface area contributed by atoms with Crippen LogP contribution in [0.1, 0.15) is 34.8 Å². The molecule has 0 radical (unpaired) electrons. The second kappa shape index (κ2) is 10.7. The van der Waals surface area contributed by atoms with Crippen molar-refractivity contribution in [2.24, 2.45) is 0 Å². The van der Waals surface area contributed by atoms with Crippen molar-refractivity contribution in [2.45, 2.75) is 26.3 Å². The van der Waals surface area contributed by atoms with Gasteiger partial charge in [-0.3, -0.25) is 14.4 Å². The molecule has 6 nitrogen and oxygen atoms in total. The molecule has 0 saturated heterocycles. The number of ether oxygens (including phenoxy) is 1. The van der Waals surface area contributed by atoms with Crippen LogP contribution in [0.15, 0.2) is 78.9 Å². The van der Waals surface area contributed by atoms with Gasteiger partial charge in [0, 0.05) is 31.1 Å². The van der Waals surface area contributed by atoms with Gasteiger partial charge >= 0.3 is 5.97 Å². The average molecular weight is 416 g/mol. The lowest BCUT2D eigenvalue weighted by Gasteiger charge is -2.12. The number of anilines is 1. The molecule has 0 aliphatic carbocycles. The van der Waals surface area contributed by atoms with Gasteiger partial charge < -0.3 is 15.4 Å². The van der Waals surface area contributed by atoms with Crippen molar-refractivity contribution in [3.8, 4) is 5.75 Å². The SMILES string of the molecule is CC(=O)Oc1cccc(C(=O)Nc2ccccc2CNC(=O)CCc2ccccc2)c1. The zero-order valence-corrected chi connectivity index (χ0v) is 17.3. The number of rotatable bonds is 8. The summed E-state index contributed by atoms with van der Waals surface area (Å²) in [4.78, 5) is 36.0. The summed E-state index contributed by atoms with van der Waals surface area (Å²) in [7, 11) is 0. The first-order valence-electron chi connectivity index (χ1n) is 9.99. The second-order valence-corrected chi connectivity index (χ2v) is 7.00. The molecule has 3 rings (SSSR count). The highest BCUT2D eigenvalue weighted by atomic mass is 16.5. The molecule has 0 aromatic heterocycles. The van der Waals surface area contributed by atoms with E-state index in [2.05, 4.69) is 10.6 Å². The van der Waals surface area contributed by atoms with Crippen LogP contribution in [0.5, 0.6) is 5.75 Å². The Kier molecular flexibility index (Phi) is 7.54. The van der Waals surface area contributed by atoms with E-state index in [9.17, 15) is 14.4 Å². The summed E-state index contributed by atoms with van der Waals surface area (Å²) >= 11 is 0. The summed E-state index contributed by atoms with van der Waals surface area (Å²) < 4.78 is 5.03. The fourth-order valence-corrected chi connectivity index (χ4v) is 3.04. The van der Waals surface area contributed by atoms with E-state index in [1.165, 1.54) is 13.0 Å². The number of hydrogen-bond acceptors (Lipinski definition) is 4. The fourth-order valence-electron chi connectivity index (χ4n) is 3.04. The number of carbonyl (C=O) groups excluding carboxylic acids is 3. The molecule has 3 aromatic rings. The van der Waals surface area contributed by atoms with Gasteiger partial charge in [0.25, 0.3) is 5.91 Å². The Morgan fingerprint density at radius 2 is 1.61 bits per heavy atom. The van der Waals surface area contributed by atoms with Gasteiger partial charge in [0.15, 0.2) is 0 Å². The van der Waals surface area contributed by atoms with Crippen LogP contribution in [0.4, 0.5) is 5.69 Å². The molecule has 0 bridgehead atoms. The third-order valence-electron chi connectivity index (χ3n) is 4.58.